The third-order valence-corrected chi connectivity index (χ3v) is 4.04. The maximum Gasteiger partial charge on any atom is 0.270 e. The van der Waals surface area contributed by atoms with Gasteiger partial charge in [0.1, 0.15) is 17.8 Å². The molecular formula is C18H28N4O. The topological polar surface area (TPSA) is 66.9 Å². The molecule has 1 aromatic heterocycles. The van der Waals surface area contributed by atoms with Crippen LogP contribution in [-0.2, 0) is 0 Å². The van der Waals surface area contributed by atoms with E-state index in [0.29, 0.717) is 24.0 Å². The van der Waals surface area contributed by atoms with Crippen molar-refractivity contribution in [3.05, 3.63) is 29.7 Å². The maximum atomic E-state index is 12.1. The summed E-state index contributed by atoms with van der Waals surface area (Å²) in [5.41, 5.74) is 1.95. The molecule has 0 radical (unpaired) electrons. The molecule has 1 amide bonds. The lowest BCUT2D eigenvalue weighted by molar-refractivity contribution is 0.0947. The lowest BCUT2D eigenvalue weighted by Gasteiger charge is -2.13. The number of anilines is 1. The molecule has 0 unspecified atom stereocenters. The second-order valence-electron chi connectivity index (χ2n) is 6.51. The van der Waals surface area contributed by atoms with E-state index >= 15 is 0 Å². The summed E-state index contributed by atoms with van der Waals surface area (Å²) < 4.78 is 0. The first-order valence-corrected chi connectivity index (χ1v) is 8.67. The molecule has 2 rings (SSSR count). The van der Waals surface area contributed by atoms with E-state index in [2.05, 4.69) is 40.5 Å². The van der Waals surface area contributed by atoms with Crippen LogP contribution in [0.1, 0.15) is 62.9 Å². The van der Waals surface area contributed by atoms with Gasteiger partial charge in [0.05, 0.1) is 0 Å². The zero-order valence-corrected chi connectivity index (χ0v) is 14.3. The Morgan fingerprint density at radius 3 is 2.87 bits per heavy atom. The minimum atomic E-state index is -0.133. The molecule has 0 atom stereocenters. The molecule has 5 nitrogen and oxygen atoms in total. The van der Waals surface area contributed by atoms with Gasteiger partial charge in [-0.05, 0) is 44.4 Å². The molecule has 1 aromatic rings. The number of amides is 1. The molecule has 0 saturated carbocycles. The molecule has 1 heterocycles. The van der Waals surface area contributed by atoms with Gasteiger partial charge in [-0.15, -0.1) is 0 Å². The van der Waals surface area contributed by atoms with Gasteiger partial charge >= 0.3 is 0 Å². The van der Waals surface area contributed by atoms with E-state index in [0.717, 1.165) is 19.4 Å². The van der Waals surface area contributed by atoms with E-state index in [4.69, 9.17) is 0 Å². The molecule has 1 aliphatic rings. The molecule has 0 aliphatic heterocycles. The second-order valence-corrected chi connectivity index (χ2v) is 6.51. The summed E-state index contributed by atoms with van der Waals surface area (Å²) in [5, 5.41) is 6.19. The Morgan fingerprint density at radius 2 is 2.13 bits per heavy atom. The molecule has 0 saturated heterocycles. The van der Waals surface area contributed by atoms with Gasteiger partial charge in [-0.1, -0.05) is 25.5 Å². The van der Waals surface area contributed by atoms with Gasteiger partial charge in [0.15, 0.2) is 0 Å². The smallest absolute Gasteiger partial charge is 0.270 e. The molecule has 2 N–H and O–H groups in total. The number of nitrogens with zero attached hydrogens (tertiary/aromatic N) is 2. The number of carbonyl (C=O) groups excluding carboxylic acids is 1. The van der Waals surface area contributed by atoms with Crippen molar-refractivity contribution < 1.29 is 4.79 Å². The highest BCUT2D eigenvalue weighted by Crippen LogP contribution is 2.19. The predicted octanol–water partition coefficient (Wildman–Crippen LogP) is 3.55. The number of carbonyl (C=O) groups is 1. The second kappa shape index (κ2) is 9.28. The van der Waals surface area contributed by atoms with Crippen LogP contribution in [0.5, 0.6) is 0 Å². The van der Waals surface area contributed by atoms with Gasteiger partial charge in [-0.3, -0.25) is 4.79 Å². The highest BCUT2D eigenvalue weighted by molar-refractivity contribution is 5.92. The number of rotatable bonds is 8. The van der Waals surface area contributed by atoms with Crippen LogP contribution in [0.2, 0.25) is 0 Å². The van der Waals surface area contributed by atoms with Crippen molar-refractivity contribution in [2.45, 2.75) is 52.4 Å². The normalized spacial score (nSPS) is 14.5. The lowest BCUT2D eigenvalue weighted by atomic mass is 9.97. The van der Waals surface area contributed by atoms with Crippen LogP contribution >= 0.6 is 0 Å². The minimum absolute atomic E-state index is 0.133. The Hall–Kier alpha value is -1.91. The molecule has 23 heavy (non-hydrogen) atoms. The average molecular weight is 316 g/mol. The van der Waals surface area contributed by atoms with E-state index in [1.807, 2.05) is 0 Å². The fourth-order valence-electron chi connectivity index (χ4n) is 2.63. The highest BCUT2D eigenvalue weighted by Gasteiger charge is 2.09. The summed E-state index contributed by atoms with van der Waals surface area (Å²) in [6.07, 6.45) is 10.9. The summed E-state index contributed by atoms with van der Waals surface area (Å²) in [6.45, 7) is 5.80. The van der Waals surface area contributed by atoms with Crippen molar-refractivity contribution in [1.82, 2.24) is 15.3 Å². The van der Waals surface area contributed by atoms with E-state index in [1.165, 1.54) is 37.6 Å². The Kier molecular flexibility index (Phi) is 7.04. The fraction of sp³-hybridized carbons (Fsp3) is 0.611. The monoisotopic (exact) mass is 316 g/mol. The molecule has 0 aromatic carbocycles. The molecular weight excluding hydrogens is 288 g/mol. The van der Waals surface area contributed by atoms with Gasteiger partial charge < -0.3 is 10.6 Å². The van der Waals surface area contributed by atoms with Crippen LogP contribution < -0.4 is 10.6 Å². The van der Waals surface area contributed by atoms with Crippen LogP contribution in [0.3, 0.4) is 0 Å². The number of allylic oxidation sites excluding steroid dienone is 1. The highest BCUT2D eigenvalue weighted by atomic mass is 16.1. The zero-order chi connectivity index (χ0) is 16.5. The van der Waals surface area contributed by atoms with Gasteiger partial charge in [-0.25, -0.2) is 9.97 Å². The minimum Gasteiger partial charge on any atom is -0.370 e. The Morgan fingerprint density at radius 1 is 1.26 bits per heavy atom. The third-order valence-electron chi connectivity index (χ3n) is 4.04. The van der Waals surface area contributed by atoms with Gasteiger partial charge in [0.25, 0.3) is 5.91 Å². The molecule has 5 heteroatoms. The van der Waals surface area contributed by atoms with Crippen molar-refractivity contribution >= 4 is 11.7 Å². The predicted molar refractivity (Wildman–Crippen MR) is 93.5 cm³/mol. The zero-order valence-electron chi connectivity index (χ0n) is 14.3. The number of aromatic nitrogens is 2. The first-order valence-electron chi connectivity index (χ1n) is 8.67. The fourth-order valence-corrected chi connectivity index (χ4v) is 2.63. The Balaban J connectivity index is 1.79. The standard InChI is InChI=1S/C18H28N4O/c1-14(2)8-10-20-18(23)16-12-17(22-13-21-16)19-11-9-15-6-4-3-5-7-15/h6,12-14H,3-5,7-11H2,1-2H3,(H,20,23)(H,19,21,22). The summed E-state index contributed by atoms with van der Waals surface area (Å²) in [5.74, 6) is 1.16. The molecule has 0 fully saturated rings. The first-order chi connectivity index (χ1) is 11.1. The molecule has 1 aliphatic carbocycles. The van der Waals surface area contributed by atoms with Gasteiger partial charge in [0.2, 0.25) is 0 Å². The summed E-state index contributed by atoms with van der Waals surface area (Å²) in [6, 6.07) is 1.72. The molecule has 0 spiro atoms. The first kappa shape index (κ1) is 17.4. The molecule has 126 valence electrons. The average Bonchev–Trinajstić information content (AvgIpc) is 2.56. The number of hydrogen-bond acceptors (Lipinski definition) is 4. The van der Waals surface area contributed by atoms with E-state index < -0.39 is 0 Å². The van der Waals surface area contributed by atoms with Crippen LogP contribution in [0.25, 0.3) is 0 Å². The number of nitrogens with one attached hydrogen (secondary N) is 2. The van der Waals surface area contributed by atoms with Crippen LogP contribution in [0.15, 0.2) is 24.0 Å². The maximum absolute atomic E-state index is 12.1. The van der Waals surface area contributed by atoms with Crippen molar-refractivity contribution in [3.63, 3.8) is 0 Å². The van der Waals surface area contributed by atoms with Crippen LogP contribution in [0, 0.1) is 5.92 Å². The summed E-state index contributed by atoms with van der Waals surface area (Å²) in [7, 11) is 0. The van der Waals surface area contributed by atoms with Gasteiger partial charge in [0, 0.05) is 19.2 Å². The summed E-state index contributed by atoms with van der Waals surface area (Å²) in [4.78, 5) is 20.3. The van der Waals surface area contributed by atoms with Crippen LogP contribution in [-0.4, -0.2) is 29.0 Å². The molecule has 0 bridgehead atoms. The third kappa shape index (κ3) is 6.38. The SMILES string of the molecule is CC(C)CCNC(=O)c1cc(NCCC2=CCCCC2)ncn1. The summed E-state index contributed by atoms with van der Waals surface area (Å²) >= 11 is 0. The quantitative estimate of drug-likeness (QED) is 0.720. The Bertz CT molecular complexity index is 540. The van der Waals surface area contributed by atoms with E-state index in [9.17, 15) is 4.79 Å². The Labute approximate surface area is 139 Å². The van der Waals surface area contributed by atoms with Crippen LogP contribution in [0.4, 0.5) is 5.82 Å². The lowest BCUT2D eigenvalue weighted by Crippen LogP contribution is -2.26. The van der Waals surface area contributed by atoms with Crippen molar-refractivity contribution in [1.29, 1.82) is 0 Å². The van der Waals surface area contributed by atoms with E-state index in [-0.39, 0.29) is 5.91 Å². The number of hydrogen-bond donors (Lipinski definition) is 2. The van der Waals surface area contributed by atoms with Crippen molar-refractivity contribution in [2.24, 2.45) is 5.92 Å². The van der Waals surface area contributed by atoms with Crippen molar-refractivity contribution in [3.8, 4) is 0 Å². The van der Waals surface area contributed by atoms with Crippen molar-refractivity contribution in [2.75, 3.05) is 18.4 Å². The van der Waals surface area contributed by atoms with E-state index in [1.54, 1.807) is 6.07 Å². The largest absolute Gasteiger partial charge is 0.370 e. The van der Waals surface area contributed by atoms with Gasteiger partial charge in [-0.2, -0.15) is 0 Å².